The molecule has 0 heterocycles. The van der Waals surface area contributed by atoms with Crippen LogP contribution in [0.2, 0.25) is 0 Å². The molecule has 0 aromatic heterocycles. The molecule has 0 N–H and O–H groups in total. The van der Waals surface area contributed by atoms with E-state index in [1.54, 1.807) is 0 Å². The third-order valence-electron chi connectivity index (χ3n) is 3.11. The number of rotatable bonds is 6. The molecule has 98 valence electrons. The Morgan fingerprint density at radius 1 is 0.895 bits per heavy atom. The number of hydrogen-bond donors (Lipinski definition) is 0. The van der Waals surface area contributed by atoms with Crippen LogP contribution in [0, 0.1) is 0 Å². The highest BCUT2D eigenvalue weighted by Gasteiger charge is 1.95. The Labute approximate surface area is 116 Å². The Hall–Kier alpha value is -1.89. The van der Waals surface area contributed by atoms with Gasteiger partial charge in [0, 0.05) is 12.8 Å². The molecule has 0 amide bonds. The summed E-state index contributed by atoms with van der Waals surface area (Å²) in [5.41, 5.74) is 3.89. The molecule has 0 radical (unpaired) electrons. The topological polar surface area (TPSA) is 12.4 Å². The van der Waals surface area contributed by atoms with Gasteiger partial charge in [0.05, 0.1) is 0 Å². The van der Waals surface area contributed by atoms with Crippen LogP contribution in [-0.2, 0) is 6.42 Å². The molecular formula is C18H21N. The molecule has 2 rings (SSSR count). The highest BCUT2D eigenvalue weighted by molar-refractivity contribution is 5.79. The molecule has 0 saturated heterocycles. The molecule has 0 spiro atoms. The van der Waals surface area contributed by atoms with Crippen molar-refractivity contribution in [3.8, 4) is 0 Å². The number of aliphatic imine (C=N–C) groups is 1. The van der Waals surface area contributed by atoms with Crippen LogP contribution in [0.3, 0.4) is 0 Å². The third-order valence-corrected chi connectivity index (χ3v) is 3.11. The van der Waals surface area contributed by atoms with E-state index in [1.807, 2.05) is 6.21 Å². The van der Waals surface area contributed by atoms with Crippen molar-refractivity contribution >= 4 is 6.21 Å². The van der Waals surface area contributed by atoms with Gasteiger partial charge < -0.3 is 0 Å². The van der Waals surface area contributed by atoms with Crippen molar-refractivity contribution < 1.29 is 0 Å². The molecule has 0 saturated carbocycles. The van der Waals surface area contributed by atoms with Gasteiger partial charge in [0.25, 0.3) is 0 Å². The SMILES string of the molecule is CCCCN=Cc1ccc(Cc2ccccc2)cc1. The average Bonchev–Trinajstić information content (AvgIpc) is 2.46. The summed E-state index contributed by atoms with van der Waals surface area (Å²) in [5, 5.41) is 0. The first-order chi connectivity index (χ1) is 9.38. The molecule has 0 bridgehead atoms. The van der Waals surface area contributed by atoms with Crippen LogP contribution >= 0.6 is 0 Å². The van der Waals surface area contributed by atoms with Crippen molar-refractivity contribution in [3.63, 3.8) is 0 Å². The van der Waals surface area contributed by atoms with E-state index in [9.17, 15) is 0 Å². The van der Waals surface area contributed by atoms with E-state index < -0.39 is 0 Å². The zero-order chi connectivity index (χ0) is 13.3. The van der Waals surface area contributed by atoms with Crippen LogP contribution in [0.4, 0.5) is 0 Å². The molecule has 1 heteroatoms. The first-order valence-electron chi connectivity index (χ1n) is 7.01. The quantitative estimate of drug-likeness (QED) is 0.529. The Morgan fingerprint density at radius 3 is 2.26 bits per heavy atom. The lowest BCUT2D eigenvalue weighted by Crippen LogP contribution is -1.89. The van der Waals surface area contributed by atoms with Crippen molar-refractivity contribution in [2.24, 2.45) is 4.99 Å². The maximum absolute atomic E-state index is 4.42. The van der Waals surface area contributed by atoms with Crippen molar-refractivity contribution in [2.45, 2.75) is 26.2 Å². The Morgan fingerprint density at radius 2 is 1.58 bits per heavy atom. The van der Waals surface area contributed by atoms with Gasteiger partial charge in [0.15, 0.2) is 0 Å². The van der Waals surface area contributed by atoms with Gasteiger partial charge in [-0.3, -0.25) is 4.99 Å². The van der Waals surface area contributed by atoms with Gasteiger partial charge >= 0.3 is 0 Å². The van der Waals surface area contributed by atoms with E-state index in [0.29, 0.717) is 0 Å². The summed E-state index contributed by atoms with van der Waals surface area (Å²) in [5.74, 6) is 0. The molecule has 1 nitrogen and oxygen atoms in total. The Kier molecular flexibility index (Phi) is 5.36. The van der Waals surface area contributed by atoms with Crippen LogP contribution < -0.4 is 0 Å². The van der Waals surface area contributed by atoms with Crippen LogP contribution in [0.1, 0.15) is 36.5 Å². The molecule has 0 aliphatic carbocycles. The fourth-order valence-electron chi connectivity index (χ4n) is 1.97. The van der Waals surface area contributed by atoms with Gasteiger partial charge in [0.1, 0.15) is 0 Å². The second-order valence-electron chi connectivity index (χ2n) is 4.79. The van der Waals surface area contributed by atoms with E-state index in [2.05, 4.69) is 66.5 Å². The van der Waals surface area contributed by atoms with E-state index in [-0.39, 0.29) is 0 Å². The number of benzene rings is 2. The summed E-state index contributed by atoms with van der Waals surface area (Å²) in [6.45, 7) is 3.12. The first-order valence-corrected chi connectivity index (χ1v) is 7.01. The summed E-state index contributed by atoms with van der Waals surface area (Å²) in [4.78, 5) is 4.42. The van der Waals surface area contributed by atoms with E-state index in [1.165, 1.54) is 29.5 Å². The molecule has 0 unspecified atom stereocenters. The zero-order valence-electron chi connectivity index (χ0n) is 11.5. The minimum absolute atomic E-state index is 0.933. The molecule has 2 aromatic rings. The summed E-state index contributed by atoms with van der Waals surface area (Å²) >= 11 is 0. The average molecular weight is 251 g/mol. The fourth-order valence-corrected chi connectivity index (χ4v) is 1.97. The molecule has 0 fully saturated rings. The van der Waals surface area contributed by atoms with E-state index in [4.69, 9.17) is 0 Å². The number of nitrogens with zero attached hydrogens (tertiary/aromatic N) is 1. The van der Waals surface area contributed by atoms with Gasteiger partial charge in [-0.05, 0) is 29.5 Å². The predicted molar refractivity (Wildman–Crippen MR) is 83.1 cm³/mol. The Bertz CT molecular complexity index is 497. The highest BCUT2D eigenvalue weighted by atomic mass is 14.7. The lowest BCUT2D eigenvalue weighted by atomic mass is 10.0. The van der Waals surface area contributed by atoms with Crippen molar-refractivity contribution in [1.82, 2.24) is 0 Å². The summed E-state index contributed by atoms with van der Waals surface area (Å²) in [6.07, 6.45) is 5.34. The Balaban J connectivity index is 1.93. The van der Waals surface area contributed by atoms with Gasteiger partial charge in [-0.25, -0.2) is 0 Å². The molecular weight excluding hydrogens is 230 g/mol. The van der Waals surface area contributed by atoms with E-state index in [0.717, 1.165) is 13.0 Å². The normalized spacial score (nSPS) is 11.0. The fraction of sp³-hybridized carbons (Fsp3) is 0.278. The second-order valence-corrected chi connectivity index (χ2v) is 4.79. The molecule has 0 aliphatic rings. The summed E-state index contributed by atoms with van der Waals surface area (Å²) < 4.78 is 0. The molecule has 2 aromatic carbocycles. The van der Waals surface area contributed by atoms with Crippen molar-refractivity contribution in [2.75, 3.05) is 6.54 Å². The summed E-state index contributed by atoms with van der Waals surface area (Å²) in [7, 11) is 0. The number of unbranched alkanes of at least 4 members (excludes halogenated alkanes) is 1. The van der Waals surface area contributed by atoms with Gasteiger partial charge in [-0.15, -0.1) is 0 Å². The van der Waals surface area contributed by atoms with Crippen LogP contribution in [0.15, 0.2) is 59.6 Å². The predicted octanol–water partition coefficient (Wildman–Crippen LogP) is 4.50. The lowest BCUT2D eigenvalue weighted by molar-refractivity contribution is 0.810. The van der Waals surface area contributed by atoms with Crippen LogP contribution in [0.5, 0.6) is 0 Å². The highest BCUT2D eigenvalue weighted by Crippen LogP contribution is 2.10. The maximum Gasteiger partial charge on any atom is 0.0389 e. The maximum atomic E-state index is 4.42. The molecule has 19 heavy (non-hydrogen) atoms. The van der Waals surface area contributed by atoms with E-state index >= 15 is 0 Å². The minimum Gasteiger partial charge on any atom is -0.293 e. The molecule has 0 atom stereocenters. The number of hydrogen-bond acceptors (Lipinski definition) is 1. The van der Waals surface area contributed by atoms with Gasteiger partial charge in [0.2, 0.25) is 0 Å². The molecule has 0 aliphatic heterocycles. The standard InChI is InChI=1S/C18H21N/c1-2-3-13-19-15-18-11-9-17(10-12-18)14-16-7-5-4-6-8-16/h4-12,15H,2-3,13-14H2,1H3. The van der Waals surface area contributed by atoms with Gasteiger partial charge in [-0.2, -0.15) is 0 Å². The minimum atomic E-state index is 0.933. The lowest BCUT2D eigenvalue weighted by Gasteiger charge is -2.02. The smallest absolute Gasteiger partial charge is 0.0389 e. The zero-order valence-corrected chi connectivity index (χ0v) is 11.5. The largest absolute Gasteiger partial charge is 0.293 e. The van der Waals surface area contributed by atoms with Crippen LogP contribution in [-0.4, -0.2) is 12.8 Å². The second kappa shape index (κ2) is 7.52. The third kappa shape index (κ3) is 4.70. The van der Waals surface area contributed by atoms with Gasteiger partial charge in [-0.1, -0.05) is 67.9 Å². The van der Waals surface area contributed by atoms with Crippen molar-refractivity contribution in [1.29, 1.82) is 0 Å². The van der Waals surface area contributed by atoms with Crippen molar-refractivity contribution in [3.05, 3.63) is 71.3 Å². The monoisotopic (exact) mass is 251 g/mol. The summed E-state index contributed by atoms with van der Waals surface area (Å²) in [6, 6.07) is 19.2. The first kappa shape index (κ1) is 13.5. The van der Waals surface area contributed by atoms with Crippen LogP contribution in [0.25, 0.3) is 0 Å².